The van der Waals surface area contributed by atoms with Gasteiger partial charge in [-0.1, -0.05) is 13.0 Å². The topological polar surface area (TPSA) is 94.8 Å². The molecule has 2 fully saturated rings. The molecule has 1 aliphatic heterocycles. The summed E-state index contributed by atoms with van der Waals surface area (Å²) in [6.07, 6.45) is 6.95. The molecule has 0 radical (unpaired) electrons. The second-order valence-corrected chi connectivity index (χ2v) is 10.4. The summed E-state index contributed by atoms with van der Waals surface area (Å²) in [5.41, 5.74) is 2.31. The van der Waals surface area contributed by atoms with E-state index in [0.29, 0.717) is 17.1 Å². The van der Waals surface area contributed by atoms with Gasteiger partial charge in [0, 0.05) is 36.2 Å². The highest BCUT2D eigenvalue weighted by molar-refractivity contribution is 9.10. The molecule has 1 aromatic carbocycles. The average molecular weight is 521 g/mol. The Hall–Kier alpha value is -2.91. The molecule has 1 saturated carbocycles. The number of pyridine rings is 1. The van der Waals surface area contributed by atoms with Crippen molar-refractivity contribution in [2.45, 2.75) is 38.6 Å². The van der Waals surface area contributed by atoms with E-state index in [4.69, 9.17) is 9.72 Å². The Morgan fingerprint density at radius 3 is 3.00 bits per heavy atom. The molecule has 0 unspecified atom stereocenters. The molecule has 1 atom stereocenters. The van der Waals surface area contributed by atoms with Crippen LogP contribution in [0.4, 0.5) is 0 Å². The third kappa shape index (κ3) is 3.86. The van der Waals surface area contributed by atoms with Crippen LogP contribution in [0, 0.1) is 11.3 Å². The van der Waals surface area contributed by atoms with Crippen LogP contribution in [0.3, 0.4) is 0 Å². The molecule has 2 aliphatic rings. The quantitative estimate of drug-likeness (QED) is 0.427. The molecule has 1 N–H and O–H groups in total. The third-order valence-electron chi connectivity index (χ3n) is 7.02. The molecule has 174 valence electrons. The van der Waals surface area contributed by atoms with Gasteiger partial charge in [0.2, 0.25) is 5.91 Å². The molecule has 34 heavy (non-hydrogen) atoms. The fourth-order valence-corrected chi connectivity index (χ4v) is 5.63. The first-order valence-electron chi connectivity index (χ1n) is 11.6. The van der Waals surface area contributed by atoms with Gasteiger partial charge in [-0.15, -0.1) is 0 Å². The number of nitrogens with one attached hydrogen (secondary N) is 1. The minimum absolute atomic E-state index is 0.142. The van der Waals surface area contributed by atoms with Crippen molar-refractivity contribution in [2.75, 3.05) is 13.2 Å². The fraction of sp³-hybridized carbons (Fsp3) is 0.400. The van der Waals surface area contributed by atoms with Crippen molar-refractivity contribution in [3.8, 4) is 5.69 Å². The molecule has 4 aromatic rings. The number of carbonyl (C=O) groups is 1. The van der Waals surface area contributed by atoms with Crippen LogP contribution < -0.4 is 5.32 Å². The van der Waals surface area contributed by atoms with Crippen molar-refractivity contribution in [1.29, 1.82) is 0 Å². The van der Waals surface area contributed by atoms with Crippen molar-refractivity contribution in [3.05, 3.63) is 53.2 Å². The number of ether oxygens (including phenoxy) is 1. The number of benzene rings is 1. The molecule has 1 amide bonds. The Morgan fingerprint density at radius 1 is 1.29 bits per heavy atom. The zero-order chi connectivity index (χ0) is 23.3. The van der Waals surface area contributed by atoms with E-state index >= 15 is 0 Å². The van der Waals surface area contributed by atoms with E-state index in [-0.39, 0.29) is 17.4 Å². The summed E-state index contributed by atoms with van der Waals surface area (Å²) in [6, 6.07) is 10.2. The highest BCUT2D eigenvalue weighted by Crippen LogP contribution is 2.47. The van der Waals surface area contributed by atoms with E-state index in [9.17, 15) is 4.79 Å². The first-order valence-corrected chi connectivity index (χ1v) is 12.4. The Balaban J connectivity index is 1.21. The zero-order valence-corrected chi connectivity index (χ0v) is 20.5. The number of fused-ring (bicyclic) bond motifs is 2. The molecule has 0 bridgehead atoms. The lowest BCUT2D eigenvalue weighted by molar-refractivity contribution is -0.138. The van der Waals surface area contributed by atoms with E-state index in [1.165, 1.54) is 0 Å². The molecule has 1 saturated heterocycles. The van der Waals surface area contributed by atoms with Crippen molar-refractivity contribution in [3.63, 3.8) is 0 Å². The second kappa shape index (κ2) is 8.39. The number of aromatic nitrogens is 5. The van der Waals surface area contributed by atoms with Gasteiger partial charge in [0.1, 0.15) is 10.4 Å². The minimum Gasteiger partial charge on any atom is -0.379 e. The number of carbonyl (C=O) groups excluding carboxylic acids is 1. The summed E-state index contributed by atoms with van der Waals surface area (Å²) in [5, 5.41) is 9.73. The van der Waals surface area contributed by atoms with Crippen LogP contribution in [0.15, 0.2) is 47.3 Å². The molecule has 9 heteroatoms. The average Bonchev–Trinajstić information content (AvgIpc) is 3.45. The van der Waals surface area contributed by atoms with Crippen LogP contribution in [0.25, 0.3) is 27.6 Å². The normalized spacial score (nSPS) is 24.4. The van der Waals surface area contributed by atoms with Gasteiger partial charge in [-0.25, -0.2) is 14.6 Å². The number of nitrogens with zero attached hydrogens (tertiary/aromatic N) is 5. The van der Waals surface area contributed by atoms with Gasteiger partial charge in [-0.05, 0) is 65.4 Å². The summed E-state index contributed by atoms with van der Waals surface area (Å²) in [7, 11) is 0. The van der Waals surface area contributed by atoms with Crippen molar-refractivity contribution >= 4 is 43.8 Å². The smallest absolute Gasteiger partial charge is 0.226 e. The van der Waals surface area contributed by atoms with E-state index in [1.807, 2.05) is 35.1 Å². The lowest BCUT2D eigenvalue weighted by atomic mass is 9.61. The fourth-order valence-electron chi connectivity index (χ4n) is 5.19. The van der Waals surface area contributed by atoms with E-state index < -0.39 is 0 Å². The van der Waals surface area contributed by atoms with Gasteiger partial charge < -0.3 is 10.1 Å². The maximum Gasteiger partial charge on any atom is 0.226 e. The highest BCUT2D eigenvalue weighted by atomic mass is 79.9. The lowest BCUT2D eigenvalue weighted by Gasteiger charge is -2.44. The van der Waals surface area contributed by atoms with Crippen molar-refractivity contribution in [2.24, 2.45) is 11.3 Å². The first-order chi connectivity index (χ1) is 16.5. The number of hydrogen-bond donors (Lipinski definition) is 1. The molecule has 6 rings (SSSR count). The first kappa shape index (κ1) is 21.6. The summed E-state index contributed by atoms with van der Waals surface area (Å²) < 4.78 is 7.94. The summed E-state index contributed by atoms with van der Waals surface area (Å²) in [4.78, 5) is 26.6. The van der Waals surface area contributed by atoms with Crippen LogP contribution in [-0.2, 0) is 16.0 Å². The molecule has 8 nitrogen and oxygen atoms in total. The van der Waals surface area contributed by atoms with Gasteiger partial charge in [0.05, 0.1) is 29.2 Å². The maximum atomic E-state index is 12.8. The second-order valence-electron chi connectivity index (χ2n) is 9.68. The molecule has 0 spiro atoms. The molecular formula is C25H25BrN6O2. The van der Waals surface area contributed by atoms with Gasteiger partial charge in [0.25, 0.3) is 0 Å². The summed E-state index contributed by atoms with van der Waals surface area (Å²) in [5.74, 6) is 1.31. The van der Waals surface area contributed by atoms with Gasteiger partial charge in [-0.3, -0.25) is 9.78 Å². The lowest BCUT2D eigenvalue weighted by Crippen LogP contribution is -2.51. The largest absolute Gasteiger partial charge is 0.379 e. The third-order valence-corrected chi connectivity index (χ3v) is 7.61. The van der Waals surface area contributed by atoms with Gasteiger partial charge >= 0.3 is 0 Å². The molecule has 4 heterocycles. The Labute approximate surface area is 205 Å². The molecular weight excluding hydrogens is 496 g/mol. The predicted octanol–water partition coefficient (Wildman–Crippen LogP) is 3.99. The Morgan fingerprint density at radius 2 is 2.18 bits per heavy atom. The minimum atomic E-state index is -0.318. The summed E-state index contributed by atoms with van der Waals surface area (Å²) >= 11 is 3.55. The van der Waals surface area contributed by atoms with E-state index in [1.54, 1.807) is 6.20 Å². The Kier molecular flexibility index (Phi) is 5.33. The van der Waals surface area contributed by atoms with Crippen LogP contribution >= 0.6 is 15.9 Å². The number of amides is 1. The van der Waals surface area contributed by atoms with Crippen LogP contribution in [0.5, 0.6) is 0 Å². The van der Waals surface area contributed by atoms with Gasteiger partial charge in [-0.2, -0.15) is 5.10 Å². The summed E-state index contributed by atoms with van der Waals surface area (Å²) in [6.45, 7) is 3.41. The van der Waals surface area contributed by atoms with Gasteiger partial charge in [0.15, 0.2) is 5.65 Å². The number of hydrogen-bond acceptors (Lipinski definition) is 6. The monoisotopic (exact) mass is 520 g/mol. The predicted molar refractivity (Wildman–Crippen MR) is 132 cm³/mol. The number of rotatable bonds is 5. The highest BCUT2D eigenvalue weighted by Gasteiger charge is 2.46. The SMILES string of the molecule is CC1(C(=O)N[C@@H]2CCOC2)CC(Cc2ncc3c(Br)nn(-c4ccc5ncccc5c4)c3n2)C1. The van der Waals surface area contributed by atoms with Crippen molar-refractivity contribution < 1.29 is 9.53 Å². The maximum absolute atomic E-state index is 12.8. The van der Waals surface area contributed by atoms with E-state index in [2.05, 4.69) is 49.3 Å². The van der Waals surface area contributed by atoms with E-state index in [0.717, 1.165) is 65.7 Å². The zero-order valence-electron chi connectivity index (χ0n) is 18.9. The van der Waals surface area contributed by atoms with Crippen LogP contribution in [-0.4, -0.2) is 49.9 Å². The van der Waals surface area contributed by atoms with Crippen LogP contribution in [0.1, 0.15) is 32.0 Å². The molecule has 3 aromatic heterocycles. The Bertz CT molecular complexity index is 1390. The standard InChI is InChI=1S/C25H25BrN6O2/c1-25(24(33)29-17-6-8-34-14-17)11-15(12-25)9-21-28-13-19-22(26)31-32(23(19)30-21)18-4-5-20-16(10-18)3-2-7-27-20/h2-5,7,10,13,15,17H,6,8-9,11-12,14H2,1H3,(H,29,33)/t15?,17-,25?/m1/s1. The molecule has 1 aliphatic carbocycles. The van der Waals surface area contributed by atoms with Crippen molar-refractivity contribution in [1.82, 2.24) is 30.0 Å². The number of halogens is 1. The van der Waals surface area contributed by atoms with Crippen LogP contribution in [0.2, 0.25) is 0 Å².